The lowest BCUT2D eigenvalue weighted by Crippen LogP contribution is -2.58. The Balaban J connectivity index is 1.63. The third-order valence-corrected chi connectivity index (χ3v) is 9.85. The molecule has 4 saturated carbocycles. The number of hydrogen-bond acceptors (Lipinski definition) is 3. The van der Waals surface area contributed by atoms with Crippen LogP contribution in [0.3, 0.4) is 0 Å². The monoisotopic (exact) mass is 483 g/mol. The second kappa shape index (κ2) is 7.19. The molecule has 1 aromatic carbocycles. The average Bonchev–Trinajstić information content (AvgIpc) is 2.57. The molecule has 4 aliphatic carbocycles. The van der Waals surface area contributed by atoms with E-state index in [1.165, 1.54) is 43.5 Å². The van der Waals surface area contributed by atoms with Gasteiger partial charge in [-0.1, -0.05) is 46.4 Å². The Morgan fingerprint density at radius 2 is 1.46 bits per heavy atom. The molecule has 154 valence electrons. The summed E-state index contributed by atoms with van der Waals surface area (Å²) in [6.07, 6.45) is 5.88. The van der Waals surface area contributed by atoms with Gasteiger partial charge >= 0.3 is 0 Å². The van der Waals surface area contributed by atoms with E-state index in [2.05, 4.69) is 5.32 Å². The van der Waals surface area contributed by atoms with Crippen LogP contribution in [0.4, 0.5) is 0 Å². The first-order valence-electron chi connectivity index (χ1n) is 9.37. The van der Waals surface area contributed by atoms with Gasteiger partial charge in [0, 0.05) is 10.4 Å². The highest BCUT2D eigenvalue weighted by molar-refractivity contribution is 7.92. The van der Waals surface area contributed by atoms with Crippen molar-refractivity contribution in [1.29, 1.82) is 0 Å². The van der Waals surface area contributed by atoms with Crippen LogP contribution >= 0.6 is 46.4 Å². The highest BCUT2D eigenvalue weighted by Crippen LogP contribution is 2.60. The van der Waals surface area contributed by atoms with Crippen molar-refractivity contribution in [3.05, 3.63) is 29.3 Å². The molecule has 0 saturated heterocycles. The average molecular weight is 485 g/mol. The third-order valence-electron chi connectivity index (χ3n) is 6.53. The number of hydrogen-bond donors (Lipinski definition) is 1. The van der Waals surface area contributed by atoms with Crippen LogP contribution in [0.15, 0.2) is 29.2 Å². The molecule has 4 aliphatic rings. The van der Waals surface area contributed by atoms with Gasteiger partial charge < -0.3 is 5.32 Å². The van der Waals surface area contributed by atoms with E-state index in [4.69, 9.17) is 46.4 Å². The van der Waals surface area contributed by atoms with Gasteiger partial charge in [0.05, 0.1) is 4.90 Å². The van der Waals surface area contributed by atoms with Gasteiger partial charge in [0.25, 0.3) is 0 Å². The summed E-state index contributed by atoms with van der Waals surface area (Å²) in [6, 6.07) is 5.59. The van der Waals surface area contributed by atoms with Crippen LogP contribution in [0.1, 0.15) is 38.5 Å². The molecule has 9 heteroatoms. The number of carbonyl (C=O) groups is 1. The maximum Gasteiger partial charge on any atom is 0.227 e. The second-order valence-corrected chi connectivity index (χ2v) is 13.4. The van der Waals surface area contributed by atoms with Crippen molar-refractivity contribution in [2.75, 3.05) is 0 Å². The Bertz CT molecular complexity index is 844. The lowest BCUT2D eigenvalue weighted by atomic mass is 9.49. The molecule has 0 aromatic heterocycles. The number of sulfone groups is 1. The van der Waals surface area contributed by atoms with E-state index in [0.29, 0.717) is 22.8 Å². The molecule has 0 aliphatic heterocycles. The van der Waals surface area contributed by atoms with Gasteiger partial charge in [-0.15, -0.1) is 0 Å². The predicted octanol–water partition coefficient (Wildman–Crippen LogP) is 5.14. The highest BCUT2D eigenvalue weighted by atomic mass is 35.6. The summed E-state index contributed by atoms with van der Waals surface area (Å²) < 4.78 is 24.1. The molecule has 4 fully saturated rings. The molecule has 0 heterocycles. The van der Waals surface area contributed by atoms with Crippen LogP contribution in [-0.2, 0) is 14.6 Å². The summed E-state index contributed by atoms with van der Waals surface area (Å²) in [5.74, 6) is 1.31. The molecule has 5 rings (SSSR count). The third kappa shape index (κ3) is 3.78. The van der Waals surface area contributed by atoms with Crippen LogP contribution in [0.5, 0.6) is 0 Å². The zero-order valence-electron chi connectivity index (χ0n) is 15.0. The molecular weight excluding hydrogens is 464 g/mol. The van der Waals surface area contributed by atoms with Crippen LogP contribution in [0.25, 0.3) is 0 Å². The minimum atomic E-state index is -4.13. The number of nitrogens with one attached hydrogen (secondary N) is 1. The normalized spacial score (nSPS) is 32.9. The van der Waals surface area contributed by atoms with Crippen LogP contribution in [0.2, 0.25) is 5.02 Å². The molecular formula is C19H21Cl4NO3S. The summed E-state index contributed by atoms with van der Waals surface area (Å²) in [5.41, 5.74) is -0.543. The molecule has 4 bridgehead atoms. The predicted molar refractivity (Wildman–Crippen MR) is 111 cm³/mol. The lowest BCUT2D eigenvalue weighted by Gasteiger charge is -2.55. The minimum absolute atomic E-state index is 0.0564. The van der Waals surface area contributed by atoms with Gasteiger partial charge in [0.2, 0.25) is 19.5 Å². The van der Waals surface area contributed by atoms with Gasteiger partial charge in [0.1, 0.15) is 0 Å². The van der Waals surface area contributed by atoms with E-state index in [9.17, 15) is 13.2 Å². The quantitative estimate of drug-likeness (QED) is 0.601. The summed E-state index contributed by atoms with van der Waals surface area (Å²) in [7, 11) is -4.13. The fraction of sp³-hybridized carbons (Fsp3) is 0.632. The zero-order valence-corrected chi connectivity index (χ0v) is 18.8. The Hall–Kier alpha value is -0.200. The van der Waals surface area contributed by atoms with Gasteiger partial charge in [0.15, 0.2) is 5.37 Å². The van der Waals surface area contributed by atoms with Crippen molar-refractivity contribution in [1.82, 2.24) is 5.32 Å². The molecule has 1 atom stereocenters. The van der Waals surface area contributed by atoms with Gasteiger partial charge in [-0.25, -0.2) is 8.42 Å². The molecule has 28 heavy (non-hydrogen) atoms. The van der Waals surface area contributed by atoms with E-state index < -0.39 is 24.4 Å². The van der Waals surface area contributed by atoms with Crippen molar-refractivity contribution >= 4 is 62.1 Å². The lowest BCUT2D eigenvalue weighted by molar-refractivity contribution is -0.146. The minimum Gasteiger partial charge on any atom is -0.335 e. The van der Waals surface area contributed by atoms with E-state index in [1.807, 2.05) is 0 Å². The number of carbonyl (C=O) groups excluding carboxylic acids is 1. The van der Waals surface area contributed by atoms with Gasteiger partial charge in [-0.05, 0) is 80.5 Å². The molecule has 1 amide bonds. The first kappa shape index (κ1) is 21.0. The van der Waals surface area contributed by atoms with Crippen LogP contribution < -0.4 is 5.32 Å². The number of amides is 1. The number of halogens is 4. The Morgan fingerprint density at radius 1 is 1.00 bits per heavy atom. The molecule has 0 spiro atoms. The summed E-state index contributed by atoms with van der Waals surface area (Å²) in [4.78, 5) is 13.3. The maximum absolute atomic E-state index is 13.3. The fourth-order valence-corrected chi connectivity index (χ4v) is 8.50. The zero-order chi connectivity index (χ0) is 20.3. The fourth-order valence-electron chi connectivity index (χ4n) is 5.76. The highest BCUT2D eigenvalue weighted by Gasteiger charge is 2.56. The van der Waals surface area contributed by atoms with E-state index in [-0.39, 0.29) is 10.8 Å². The topological polar surface area (TPSA) is 63.2 Å². The number of rotatable bonds is 4. The van der Waals surface area contributed by atoms with Crippen molar-refractivity contribution in [3.8, 4) is 0 Å². The van der Waals surface area contributed by atoms with E-state index >= 15 is 0 Å². The molecule has 4 nitrogen and oxygen atoms in total. The number of alkyl halides is 3. The van der Waals surface area contributed by atoms with E-state index in [0.717, 1.165) is 19.3 Å². The standard InChI is InChI=1S/C19H21Cl4NO3S/c20-14-1-3-15(4-2-14)28(26,27)17(19(21,22)23)24-16(25)18-8-11-5-12(9-18)7-13(6-11)10-18/h1-4,11-13,17H,5-10H2,(H,24,25). The Labute approximate surface area is 185 Å². The Kier molecular flexibility index (Phi) is 5.41. The van der Waals surface area contributed by atoms with Crippen molar-refractivity contribution in [2.24, 2.45) is 23.2 Å². The van der Waals surface area contributed by atoms with Gasteiger partial charge in [-0.3, -0.25) is 4.79 Å². The van der Waals surface area contributed by atoms with Crippen LogP contribution in [0, 0.1) is 23.2 Å². The molecule has 1 unspecified atom stereocenters. The van der Waals surface area contributed by atoms with Crippen molar-refractivity contribution < 1.29 is 13.2 Å². The van der Waals surface area contributed by atoms with Crippen LogP contribution in [-0.4, -0.2) is 23.5 Å². The molecule has 1 aromatic rings. The largest absolute Gasteiger partial charge is 0.335 e. The first-order chi connectivity index (χ1) is 13.0. The molecule has 1 N–H and O–H groups in total. The Morgan fingerprint density at radius 3 is 1.89 bits per heavy atom. The van der Waals surface area contributed by atoms with E-state index in [1.54, 1.807) is 0 Å². The maximum atomic E-state index is 13.3. The van der Waals surface area contributed by atoms with Crippen molar-refractivity contribution in [3.63, 3.8) is 0 Å². The summed E-state index contributed by atoms with van der Waals surface area (Å²) in [5, 5.41) is 1.33. The summed E-state index contributed by atoms with van der Waals surface area (Å²) in [6.45, 7) is 0. The number of benzene rings is 1. The SMILES string of the molecule is O=C(NC(C(Cl)(Cl)Cl)S(=O)(=O)c1ccc(Cl)cc1)C12CC3CC(CC(C3)C1)C2. The van der Waals surface area contributed by atoms with Gasteiger partial charge in [-0.2, -0.15) is 0 Å². The summed E-state index contributed by atoms with van der Waals surface area (Å²) >= 11 is 23.9. The second-order valence-electron chi connectivity index (χ2n) is 8.59. The first-order valence-corrected chi connectivity index (χ1v) is 12.4. The molecule has 0 radical (unpaired) electrons. The smallest absolute Gasteiger partial charge is 0.227 e. The van der Waals surface area contributed by atoms with Crippen molar-refractivity contribution in [2.45, 2.75) is 52.6 Å².